The number of hydrogen-bond donors (Lipinski definition) is 1. The van der Waals surface area contributed by atoms with Gasteiger partial charge in [0.1, 0.15) is 11.3 Å². The van der Waals surface area contributed by atoms with Crippen molar-refractivity contribution in [1.29, 1.82) is 0 Å². The molecule has 1 N–H and O–H groups in total. The van der Waals surface area contributed by atoms with E-state index in [1.165, 1.54) is 7.11 Å². The van der Waals surface area contributed by atoms with Crippen molar-refractivity contribution in [2.45, 2.75) is 20.8 Å². The second-order valence-corrected chi connectivity index (χ2v) is 3.33. The zero-order chi connectivity index (χ0) is 10.9. The number of phenolic OH excluding ortho intramolecular Hbond substituents is 1. The molecule has 0 unspecified atom stereocenters. The highest BCUT2D eigenvalue weighted by molar-refractivity contribution is 5.94. The molecule has 0 radical (unpaired) electrons. The van der Waals surface area contributed by atoms with Crippen LogP contribution < -0.4 is 0 Å². The van der Waals surface area contributed by atoms with Crippen LogP contribution in [0, 0.1) is 20.8 Å². The molecule has 0 aliphatic carbocycles. The van der Waals surface area contributed by atoms with Gasteiger partial charge in [-0.05, 0) is 43.5 Å². The second kappa shape index (κ2) is 3.70. The number of phenols is 1. The summed E-state index contributed by atoms with van der Waals surface area (Å²) in [6, 6.07) is 1.58. The van der Waals surface area contributed by atoms with E-state index >= 15 is 0 Å². The third-order valence-electron chi connectivity index (χ3n) is 2.53. The van der Waals surface area contributed by atoms with E-state index in [4.69, 9.17) is 0 Å². The molecule has 0 atom stereocenters. The molecule has 3 nitrogen and oxygen atoms in total. The standard InChI is InChI=1S/C11H14O3/c1-6-5-9(12)10(11(13)14-4)8(3)7(6)2/h5,12H,1-4H3. The lowest BCUT2D eigenvalue weighted by Gasteiger charge is -2.11. The first kappa shape index (κ1) is 10.6. The lowest BCUT2D eigenvalue weighted by atomic mass is 9.98. The van der Waals surface area contributed by atoms with Crippen LogP contribution in [-0.2, 0) is 4.74 Å². The average Bonchev–Trinajstić information content (AvgIpc) is 2.14. The fourth-order valence-corrected chi connectivity index (χ4v) is 1.42. The van der Waals surface area contributed by atoms with Gasteiger partial charge in [0.25, 0.3) is 0 Å². The maximum absolute atomic E-state index is 11.3. The Hall–Kier alpha value is -1.51. The van der Waals surface area contributed by atoms with Gasteiger partial charge in [0.05, 0.1) is 7.11 Å². The molecular formula is C11H14O3. The van der Waals surface area contributed by atoms with Crippen LogP contribution in [0.3, 0.4) is 0 Å². The number of carbonyl (C=O) groups excluding carboxylic acids is 1. The van der Waals surface area contributed by atoms with Crippen LogP contribution in [0.25, 0.3) is 0 Å². The quantitative estimate of drug-likeness (QED) is 0.696. The molecule has 0 amide bonds. The summed E-state index contributed by atoms with van der Waals surface area (Å²) in [5.41, 5.74) is 3.00. The van der Waals surface area contributed by atoms with E-state index < -0.39 is 5.97 Å². The summed E-state index contributed by atoms with van der Waals surface area (Å²) in [7, 11) is 1.30. The van der Waals surface area contributed by atoms with Crippen molar-refractivity contribution in [2.75, 3.05) is 7.11 Å². The maximum Gasteiger partial charge on any atom is 0.341 e. The number of benzene rings is 1. The minimum atomic E-state index is -0.497. The van der Waals surface area contributed by atoms with Crippen LogP contribution in [-0.4, -0.2) is 18.2 Å². The third-order valence-corrected chi connectivity index (χ3v) is 2.53. The maximum atomic E-state index is 11.3. The van der Waals surface area contributed by atoms with Crippen LogP contribution in [0.4, 0.5) is 0 Å². The molecule has 3 heteroatoms. The minimum Gasteiger partial charge on any atom is -0.507 e. The first-order chi connectivity index (χ1) is 6.49. The van der Waals surface area contributed by atoms with E-state index in [-0.39, 0.29) is 11.3 Å². The van der Waals surface area contributed by atoms with Crippen molar-refractivity contribution in [1.82, 2.24) is 0 Å². The fraction of sp³-hybridized carbons (Fsp3) is 0.364. The fourth-order valence-electron chi connectivity index (χ4n) is 1.42. The van der Waals surface area contributed by atoms with Crippen molar-refractivity contribution in [3.63, 3.8) is 0 Å². The minimum absolute atomic E-state index is 0.0162. The van der Waals surface area contributed by atoms with Gasteiger partial charge >= 0.3 is 5.97 Å². The summed E-state index contributed by atoms with van der Waals surface area (Å²) in [6.07, 6.45) is 0. The molecule has 0 aliphatic rings. The van der Waals surface area contributed by atoms with Gasteiger partial charge in [0.2, 0.25) is 0 Å². The molecule has 76 valence electrons. The van der Waals surface area contributed by atoms with E-state index in [2.05, 4.69) is 4.74 Å². The predicted octanol–water partition coefficient (Wildman–Crippen LogP) is 2.10. The monoisotopic (exact) mass is 194 g/mol. The molecule has 0 saturated heterocycles. The van der Waals surface area contributed by atoms with Gasteiger partial charge in [0.15, 0.2) is 0 Å². The Bertz CT molecular complexity index is 381. The molecule has 0 spiro atoms. The van der Waals surface area contributed by atoms with Crippen molar-refractivity contribution < 1.29 is 14.6 Å². The van der Waals surface area contributed by atoms with Gasteiger partial charge in [-0.1, -0.05) is 0 Å². The van der Waals surface area contributed by atoms with E-state index in [9.17, 15) is 9.90 Å². The topological polar surface area (TPSA) is 46.5 Å². The molecule has 0 saturated carbocycles. The molecule has 1 rings (SSSR count). The van der Waals surface area contributed by atoms with Crippen molar-refractivity contribution in [2.24, 2.45) is 0 Å². The Morgan fingerprint density at radius 3 is 2.36 bits per heavy atom. The Morgan fingerprint density at radius 2 is 1.86 bits per heavy atom. The lowest BCUT2D eigenvalue weighted by Crippen LogP contribution is -2.06. The molecule has 0 heterocycles. The summed E-state index contributed by atoms with van der Waals surface area (Å²) in [4.78, 5) is 11.3. The largest absolute Gasteiger partial charge is 0.507 e. The zero-order valence-corrected chi connectivity index (χ0v) is 8.84. The number of hydrogen-bond acceptors (Lipinski definition) is 3. The number of aryl methyl sites for hydroxylation is 1. The average molecular weight is 194 g/mol. The van der Waals surface area contributed by atoms with Crippen LogP contribution in [0.15, 0.2) is 6.07 Å². The summed E-state index contributed by atoms with van der Waals surface area (Å²) in [6.45, 7) is 5.61. The summed E-state index contributed by atoms with van der Waals surface area (Å²) in [5, 5.41) is 9.60. The number of aromatic hydroxyl groups is 1. The van der Waals surface area contributed by atoms with Crippen LogP contribution in [0.5, 0.6) is 5.75 Å². The first-order valence-corrected chi connectivity index (χ1v) is 4.37. The molecule has 1 aromatic rings. The Morgan fingerprint density at radius 1 is 1.29 bits per heavy atom. The van der Waals surface area contributed by atoms with Gasteiger partial charge in [-0.3, -0.25) is 0 Å². The number of esters is 1. The number of methoxy groups -OCH3 is 1. The molecule has 0 aromatic heterocycles. The summed E-state index contributed by atoms with van der Waals surface area (Å²) in [5.74, 6) is -0.513. The highest BCUT2D eigenvalue weighted by atomic mass is 16.5. The van der Waals surface area contributed by atoms with Gasteiger partial charge in [-0.15, -0.1) is 0 Å². The van der Waals surface area contributed by atoms with Crippen LogP contribution >= 0.6 is 0 Å². The number of rotatable bonds is 1. The molecule has 14 heavy (non-hydrogen) atoms. The molecule has 0 bridgehead atoms. The van der Waals surface area contributed by atoms with Crippen molar-refractivity contribution in [3.05, 3.63) is 28.3 Å². The highest BCUT2D eigenvalue weighted by Crippen LogP contribution is 2.27. The van der Waals surface area contributed by atoms with E-state index in [0.29, 0.717) is 0 Å². The normalized spacial score (nSPS) is 10.0. The Balaban J connectivity index is 3.44. The van der Waals surface area contributed by atoms with E-state index in [1.54, 1.807) is 13.0 Å². The first-order valence-electron chi connectivity index (χ1n) is 4.37. The van der Waals surface area contributed by atoms with E-state index in [0.717, 1.165) is 16.7 Å². The molecule has 1 aromatic carbocycles. The van der Waals surface area contributed by atoms with Crippen molar-refractivity contribution >= 4 is 5.97 Å². The Kier molecular flexibility index (Phi) is 2.79. The van der Waals surface area contributed by atoms with Gasteiger partial charge in [-0.2, -0.15) is 0 Å². The zero-order valence-electron chi connectivity index (χ0n) is 8.84. The summed E-state index contributed by atoms with van der Waals surface area (Å²) >= 11 is 0. The molecular weight excluding hydrogens is 180 g/mol. The molecule has 0 fully saturated rings. The van der Waals surface area contributed by atoms with Gasteiger partial charge in [-0.25, -0.2) is 4.79 Å². The number of carbonyl (C=O) groups is 1. The van der Waals surface area contributed by atoms with Gasteiger partial charge in [0, 0.05) is 0 Å². The van der Waals surface area contributed by atoms with Crippen LogP contribution in [0.1, 0.15) is 27.0 Å². The third kappa shape index (κ3) is 1.58. The number of ether oxygens (including phenoxy) is 1. The Labute approximate surface area is 83.3 Å². The smallest absolute Gasteiger partial charge is 0.341 e. The molecule has 0 aliphatic heterocycles. The highest BCUT2D eigenvalue weighted by Gasteiger charge is 2.17. The van der Waals surface area contributed by atoms with Gasteiger partial charge < -0.3 is 9.84 Å². The summed E-state index contributed by atoms with van der Waals surface area (Å²) < 4.78 is 4.59. The van der Waals surface area contributed by atoms with E-state index in [1.807, 2.05) is 13.8 Å². The van der Waals surface area contributed by atoms with Crippen molar-refractivity contribution in [3.8, 4) is 5.75 Å². The SMILES string of the molecule is COC(=O)c1c(O)cc(C)c(C)c1C. The predicted molar refractivity (Wildman–Crippen MR) is 53.7 cm³/mol. The second-order valence-electron chi connectivity index (χ2n) is 3.33. The van der Waals surface area contributed by atoms with Crippen LogP contribution in [0.2, 0.25) is 0 Å². The lowest BCUT2D eigenvalue weighted by molar-refractivity contribution is 0.0596.